The number of hydrogen-bond acceptors (Lipinski definition) is 2. The van der Waals surface area contributed by atoms with Crippen molar-refractivity contribution in [3.05, 3.63) is 35.6 Å². The summed E-state index contributed by atoms with van der Waals surface area (Å²) in [6, 6.07) is 6.19. The van der Waals surface area contributed by atoms with Gasteiger partial charge in [-0.15, -0.1) is 0 Å². The van der Waals surface area contributed by atoms with Crippen molar-refractivity contribution in [2.75, 3.05) is 6.54 Å². The van der Waals surface area contributed by atoms with Gasteiger partial charge in [0.1, 0.15) is 5.82 Å². The zero-order valence-electron chi connectivity index (χ0n) is 11.4. The minimum absolute atomic E-state index is 0.0422. The number of carbonyl (C=O) groups excluding carboxylic acids is 1. The largest absolute Gasteiger partial charge is 0.348 e. The van der Waals surface area contributed by atoms with Gasteiger partial charge < -0.3 is 10.6 Å². The number of halogens is 1. The first-order chi connectivity index (χ1) is 9.08. The second-order valence-corrected chi connectivity index (χ2v) is 5.43. The van der Waals surface area contributed by atoms with Crippen molar-refractivity contribution in [3.63, 3.8) is 0 Å². The topological polar surface area (TPSA) is 41.1 Å². The number of rotatable bonds is 4. The summed E-state index contributed by atoms with van der Waals surface area (Å²) in [6.07, 6.45) is 1.93. The molecule has 0 spiro atoms. The molecule has 1 aliphatic heterocycles. The smallest absolute Gasteiger partial charge is 0.237 e. The molecule has 4 heteroatoms. The molecule has 2 N–H and O–H groups in total. The summed E-state index contributed by atoms with van der Waals surface area (Å²) in [4.78, 5) is 12.2. The second-order valence-electron chi connectivity index (χ2n) is 5.43. The highest BCUT2D eigenvalue weighted by atomic mass is 19.1. The molecule has 1 saturated heterocycles. The summed E-state index contributed by atoms with van der Waals surface area (Å²) in [5, 5.41) is 6.26. The summed E-state index contributed by atoms with van der Waals surface area (Å²) in [5.41, 5.74) is 0.947. The first kappa shape index (κ1) is 14.0. The van der Waals surface area contributed by atoms with Gasteiger partial charge in [0.15, 0.2) is 0 Å². The molecular weight excluding hydrogens is 243 g/mol. The fourth-order valence-corrected chi connectivity index (χ4v) is 2.47. The predicted molar refractivity (Wildman–Crippen MR) is 73.1 cm³/mol. The van der Waals surface area contributed by atoms with E-state index < -0.39 is 0 Å². The Morgan fingerprint density at radius 1 is 1.37 bits per heavy atom. The lowest BCUT2D eigenvalue weighted by Crippen LogP contribution is -2.43. The SMILES string of the molecule is CC(C)C(NC(=O)[C@H]1CCCN1)c1ccc(F)cc1. The summed E-state index contributed by atoms with van der Waals surface area (Å²) in [5.74, 6) is 0.0476. The Morgan fingerprint density at radius 3 is 2.58 bits per heavy atom. The zero-order chi connectivity index (χ0) is 13.8. The Labute approximate surface area is 113 Å². The fourth-order valence-electron chi connectivity index (χ4n) is 2.47. The van der Waals surface area contributed by atoms with E-state index in [0.29, 0.717) is 0 Å². The molecule has 1 aliphatic rings. The van der Waals surface area contributed by atoms with Crippen LogP contribution >= 0.6 is 0 Å². The highest BCUT2D eigenvalue weighted by Crippen LogP contribution is 2.22. The summed E-state index contributed by atoms with van der Waals surface area (Å²) < 4.78 is 13.0. The highest BCUT2D eigenvalue weighted by Gasteiger charge is 2.26. The molecule has 2 rings (SSSR count). The number of amides is 1. The maximum atomic E-state index is 13.0. The van der Waals surface area contributed by atoms with E-state index in [1.165, 1.54) is 12.1 Å². The van der Waals surface area contributed by atoms with Crippen LogP contribution in [0.5, 0.6) is 0 Å². The average Bonchev–Trinajstić information content (AvgIpc) is 2.90. The number of nitrogens with one attached hydrogen (secondary N) is 2. The molecule has 1 aromatic carbocycles. The molecule has 1 aromatic rings. The van der Waals surface area contributed by atoms with Gasteiger partial charge in [0.05, 0.1) is 12.1 Å². The van der Waals surface area contributed by atoms with E-state index in [0.717, 1.165) is 24.9 Å². The predicted octanol–water partition coefficient (Wildman–Crippen LogP) is 2.39. The Balaban J connectivity index is 2.07. The molecular formula is C15H21FN2O. The lowest BCUT2D eigenvalue weighted by atomic mass is 9.95. The van der Waals surface area contributed by atoms with Crippen molar-refractivity contribution < 1.29 is 9.18 Å². The quantitative estimate of drug-likeness (QED) is 0.876. The maximum absolute atomic E-state index is 13.0. The normalized spacial score (nSPS) is 20.5. The maximum Gasteiger partial charge on any atom is 0.237 e. The van der Waals surface area contributed by atoms with Gasteiger partial charge in [-0.2, -0.15) is 0 Å². The van der Waals surface area contributed by atoms with E-state index in [2.05, 4.69) is 24.5 Å². The number of carbonyl (C=O) groups is 1. The fraction of sp³-hybridized carbons (Fsp3) is 0.533. The first-order valence-corrected chi connectivity index (χ1v) is 6.87. The molecule has 1 amide bonds. The van der Waals surface area contributed by atoms with Gasteiger partial charge in [-0.3, -0.25) is 4.79 Å². The van der Waals surface area contributed by atoms with E-state index >= 15 is 0 Å². The van der Waals surface area contributed by atoms with Gasteiger partial charge in [-0.05, 0) is 43.0 Å². The van der Waals surface area contributed by atoms with Crippen LogP contribution in [0.4, 0.5) is 4.39 Å². The lowest BCUT2D eigenvalue weighted by Gasteiger charge is -2.24. The van der Waals surface area contributed by atoms with Crippen LogP contribution in [0.1, 0.15) is 38.3 Å². The van der Waals surface area contributed by atoms with Crippen LogP contribution in [0.25, 0.3) is 0 Å². The molecule has 19 heavy (non-hydrogen) atoms. The van der Waals surface area contributed by atoms with Crippen molar-refractivity contribution in [3.8, 4) is 0 Å². The molecule has 3 nitrogen and oxygen atoms in total. The molecule has 0 radical (unpaired) electrons. The average molecular weight is 264 g/mol. The molecule has 0 saturated carbocycles. The van der Waals surface area contributed by atoms with Crippen LogP contribution in [0.2, 0.25) is 0 Å². The molecule has 0 aromatic heterocycles. The van der Waals surface area contributed by atoms with E-state index in [4.69, 9.17) is 0 Å². The van der Waals surface area contributed by atoms with Crippen LogP contribution in [0.15, 0.2) is 24.3 Å². The second kappa shape index (κ2) is 6.15. The van der Waals surface area contributed by atoms with Crippen molar-refractivity contribution in [1.29, 1.82) is 0 Å². The van der Waals surface area contributed by atoms with Crippen LogP contribution in [-0.2, 0) is 4.79 Å². The third-order valence-corrected chi connectivity index (χ3v) is 3.57. The number of hydrogen-bond donors (Lipinski definition) is 2. The third kappa shape index (κ3) is 3.53. The van der Waals surface area contributed by atoms with Crippen LogP contribution in [-0.4, -0.2) is 18.5 Å². The van der Waals surface area contributed by atoms with Crippen molar-refractivity contribution in [2.45, 2.75) is 38.8 Å². The first-order valence-electron chi connectivity index (χ1n) is 6.87. The summed E-state index contributed by atoms with van der Waals surface area (Å²) in [7, 11) is 0. The molecule has 1 heterocycles. The Hall–Kier alpha value is -1.42. The van der Waals surface area contributed by atoms with Gasteiger partial charge >= 0.3 is 0 Å². The van der Waals surface area contributed by atoms with Crippen molar-refractivity contribution in [1.82, 2.24) is 10.6 Å². The minimum atomic E-state index is -0.255. The molecule has 1 fully saturated rings. The number of benzene rings is 1. The minimum Gasteiger partial charge on any atom is -0.348 e. The molecule has 0 bridgehead atoms. The summed E-state index contributed by atoms with van der Waals surface area (Å²) in [6.45, 7) is 5.01. The van der Waals surface area contributed by atoms with E-state index in [1.807, 2.05) is 0 Å². The van der Waals surface area contributed by atoms with Gasteiger partial charge in [-0.25, -0.2) is 4.39 Å². The standard InChI is InChI=1S/C15H21FN2O/c1-10(2)14(11-5-7-12(16)8-6-11)18-15(19)13-4-3-9-17-13/h5-8,10,13-14,17H,3-4,9H2,1-2H3,(H,18,19)/t13-,14?/m1/s1. The van der Waals surface area contributed by atoms with Crippen molar-refractivity contribution >= 4 is 5.91 Å². The van der Waals surface area contributed by atoms with Gasteiger partial charge in [0.2, 0.25) is 5.91 Å². The van der Waals surface area contributed by atoms with Crippen molar-refractivity contribution in [2.24, 2.45) is 5.92 Å². The van der Waals surface area contributed by atoms with Gasteiger partial charge in [0.25, 0.3) is 0 Å². The third-order valence-electron chi connectivity index (χ3n) is 3.57. The van der Waals surface area contributed by atoms with Crippen LogP contribution in [0, 0.1) is 11.7 Å². The van der Waals surface area contributed by atoms with Gasteiger partial charge in [0, 0.05) is 0 Å². The van der Waals surface area contributed by atoms with Gasteiger partial charge in [-0.1, -0.05) is 26.0 Å². The van der Waals surface area contributed by atoms with Crippen LogP contribution < -0.4 is 10.6 Å². The Bertz CT molecular complexity index is 424. The highest BCUT2D eigenvalue weighted by molar-refractivity contribution is 5.82. The zero-order valence-corrected chi connectivity index (χ0v) is 11.4. The Kier molecular flexibility index (Phi) is 4.53. The molecule has 0 aliphatic carbocycles. The van der Waals surface area contributed by atoms with E-state index in [1.54, 1.807) is 12.1 Å². The molecule has 1 unspecified atom stereocenters. The Morgan fingerprint density at radius 2 is 2.05 bits per heavy atom. The lowest BCUT2D eigenvalue weighted by molar-refractivity contribution is -0.123. The van der Waals surface area contributed by atoms with E-state index in [-0.39, 0.29) is 29.7 Å². The summed E-state index contributed by atoms with van der Waals surface area (Å²) >= 11 is 0. The molecule has 2 atom stereocenters. The molecule has 104 valence electrons. The monoisotopic (exact) mass is 264 g/mol. The van der Waals surface area contributed by atoms with Crippen LogP contribution in [0.3, 0.4) is 0 Å². The van der Waals surface area contributed by atoms with E-state index in [9.17, 15) is 9.18 Å².